The molecular formula is C14H17N3O2. The Labute approximate surface area is 111 Å². The number of rotatable bonds is 3. The van der Waals surface area contributed by atoms with Crippen LogP contribution in [0.3, 0.4) is 0 Å². The summed E-state index contributed by atoms with van der Waals surface area (Å²) >= 11 is 0. The molecule has 0 aliphatic heterocycles. The molecule has 5 heteroatoms. The van der Waals surface area contributed by atoms with Crippen molar-refractivity contribution in [3.05, 3.63) is 17.8 Å². The minimum atomic E-state index is -1.00. The second-order valence-corrected chi connectivity index (χ2v) is 6.08. The maximum absolute atomic E-state index is 11.0. The third-order valence-corrected chi connectivity index (χ3v) is 5.26. The van der Waals surface area contributed by atoms with Crippen molar-refractivity contribution in [3.63, 3.8) is 0 Å². The van der Waals surface area contributed by atoms with Gasteiger partial charge in [0.15, 0.2) is 0 Å². The van der Waals surface area contributed by atoms with E-state index in [1.807, 2.05) is 0 Å². The van der Waals surface area contributed by atoms with Gasteiger partial charge in [0.25, 0.3) is 0 Å². The molecule has 4 rings (SSSR count). The van der Waals surface area contributed by atoms with Gasteiger partial charge >= 0.3 is 5.97 Å². The van der Waals surface area contributed by atoms with Crippen LogP contribution < -0.4 is 11.1 Å². The number of hydrogen-bond donors (Lipinski definition) is 3. The van der Waals surface area contributed by atoms with Crippen LogP contribution in [-0.2, 0) is 0 Å². The van der Waals surface area contributed by atoms with E-state index in [0.29, 0.717) is 11.9 Å². The van der Waals surface area contributed by atoms with Gasteiger partial charge in [0, 0.05) is 12.2 Å². The van der Waals surface area contributed by atoms with E-state index >= 15 is 0 Å². The highest BCUT2D eigenvalue weighted by Gasteiger charge is 2.65. The van der Waals surface area contributed by atoms with Crippen LogP contribution in [0.25, 0.3) is 0 Å². The molecule has 4 unspecified atom stereocenters. The molecule has 0 amide bonds. The zero-order chi connectivity index (χ0) is 13.1. The fourth-order valence-electron chi connectivity index (χ4n) is 4.45. The molecule has 2 bridgehead atoms. The van der Waals surface area contributed by atoms with Gasteiger partial charge in [-0.1, -0.05) is 0 Å². The van der Waals surface area contributed by atoms with Gasteiger partial charge in [-0.25, -0.2) is 9.78 Å². The zero-order valence-corrected chi connectivity index (χ0v) is 10.5. The van der Waals surface area contributed by atoms with Crippen molar-refractivity contribution >= 4 is 17.5 Å². The average molecular weight is 259 g/mol. The lowest BCUT2D eigenvalue weighted by Crippen LogP contribution is -2.16. The summed E-state index contributed by atoms with van der Waals surface area (Å²) in [7, 11) is 0. The zero-order valence-electron chi connectivity index (χ0n) is 10.5. The molecule has 0 saturated heterocycles. The van der Waals surface area contributed by atoms with E-state index in [-0.39, 0.29) is 11.3 Å². The highest BCUT2D eigenvalue weighted by atomic mass is 16.4. The molecule has 0 aromatic carbocycles. The SMILES string of the molecule is Nc1c(C(=O)O)ccnc1NC1C2C3CCC(C3)C12. The standard InChI is InChI=1S/C14H17N3O2/c15-11-8(14(18)19)3-4-16-13(11)17-12-9-6-1-2-7(5-6)10(9)12/h3-4,6-7,9-10,12H,1-2,5,15H2,(H,16,17)(H,18,19). The minimum Gasteiger partial charge on any atom is -0.478 e. The fourth-order valence-corrected chi connectivity index (χ4v) is 4.45. The summed E-state index contributed by atoms with van der Waals surface area (Å²) in [6.07, 6.45) is 5.63. The number of pyridine rings is 1. The van der Waals surface area contributed by atoms with Gasteiger partial charge in [0.05, 0.1) is 11.3 Å². The van der Waals surface area contributed by atoms with E-state index in [4.69, 9.17) is 10.8 Å². The first-order valence-electron chi connectivity index (χ1n) is 6.91. The van der Waals surface area contributed by atoms with Gasteiger partial charge in [0.1, 0.15) is 5.82 Å². The van der Waals surface area contributed by atoms with Gasteiger partial charge in [-0.2, -0.15) is 0 Å². The number of carboxylic acids is 1. The Hall–Kier alpha value is -1.78. The molecule has 0 spiro atoms. The van der Waals surface area contributed by atoms with Crippen LogP contribution in [0.4, 0.5) is 11.5 Å². The number of nitrogens with two attached hydrogens (primary N) is 1. The van der Waals surface area contributed by atoms with Crippen molar-refractivity contribution < 1.29 is 9.90 Å². The lowest BCUT2D eigenvalue weighted by molar-refractivity contribution is 0.0698. The van der Waals surface area contributed by atoms with Crippen LogP contribution in [0.2, 0.25) is 0 Å². The van der Waals surface area contributed by atoms with Gasteiger partial charge in [-0.3, -0.25) is 0 Å². The van der Waals surface area contributed by atoms with Crippen LogP contribution in [0, 0.1) is 23.7 Å². The highest BCUT2D eigenvalue weighted by molar-refractivity contribution is 5.96. The Morgan fingerprint density at radius 3 is 2.68 bits per heavy atom. The number of nitrogens with one attached hydrogen (secondary N) is 1. The molecule has 1 aromatic heterocycles. The Bertz CT molecular complexity index is 544. The molecule has 1 heterocycles. The number of hydrogen-bond acceptors (Lipinski definition) is 4. The first-order valence-corrected chi connectivity index (χ1v) is 6.91. The molecule has 1 aromatic rings. The summed E-state index contributed by atoms with van der Waals surface area (Å²) in [5, 5.41) is 12.4. The molecule has 3 saturated carbocycles. The van der Waals surface area contributed by atoms with Gasteiger partial charge in [-0.05, 0) is 49.0 Å². The Balaban J connectivity index is 1.56. The predicted octanol–water partition coefficient (Wildman–Crippen LogP) is 1.82. The first kappa shape index (κ1) is 11.1. The number of nitrogen functional groups attached to an aromatic ring is 1. The van der Waals surface area contributed by atoms with Crippen molar-refractivity contribution in [1.29, 1.82) is 0 Å². The third kappa shape index (κ3) is 1.47. The van der Waals surface area contributed by atoms with Crippen molar-refractivity contribution in [3.8, 4) is 0 Å². The van der Waals surface area contributed by atoms with Gasteiger partial charge < -0.3 is 16.2 Å². The second-order valence-electron chi connectivity index (χ2n) is 6.08. The van der Waals surface area contributed by atoms with Crippen LogP contribution in [0.1, 0.15) is 29.6 Å². The Kier molecular flexibility index (Phi) is 2.11. The maximum atomic E-state index is 11.0. The molecule has 5 nitrogen and oxygen atoms in total. The van der Waals surface area contributed by atoms with Crippen molar-refractivity contribution in [2.24, 2.45) is 23.7 Å². The van der Waals surface area contributed by atoms with Crippen LogP contribution >= 0.6 is 0 Å². The molecular weight excluding hydrogens is 242 g/mol. The highest BCUT2D eigenvalue weighted by Crippen LogP contribution is 2.66. The smallest absolute Gasteiger partial charge is 0.337 e. The van der Waals surface area contributed by atoms with Gasteiger partial charge in [-0.15, -0.1) is 0 Å². The third-order valence-electron chi connectivity index (χ3n) is 5.26. The number of nitrogens with zero attached hydrogens (tertiary/aromatic N) is 1. The van der Waals surface area contributed by atoms with Crippen LogP contribution in [-0.4, -0.2) is 22.1 Å². The number of aromatic nitrogens is 1. The number of fused-ring (bicyclic) bond motifs is 5. The number of carbonyl (C=O) groups is 1. The van der Waals surface area contributed by atoms with E-state index < -0.39 is 5.97 Å². The van der Waals surface area contributed by atoms with Gasteiger partial charge in [0.2, 0.25) is 0 Å². The number of carboxylic acid groups (broad SMARTS) is 1. The predicted molar refractivity (Wildman–Crippen MR) is 70.8 cm³/mol. The average Bonchev–Trinajstić information content (AvgIpc) is 2.79. The summed E-state index contributed by atoms with van der Waals surface area (Å²) < 4.78 is 0. The largest absolute Gasteiger partial charge is 0.478 e. The van der Waals surface area contributed by atoms with Crippen molar-refractivity contribution in [1.82, 2.24) is 4.98 Å². The Morgan fingerprint density at radius 1 is 1.37 bits per heavy atom. The second kappa shape index (κ2) is 3.62. The number of anilines is 2. The van der Waals surface area contributed by atoms with E-state index in [2.05, 4.69) is 10.3 Å². The van der Waals surface area contributed by atoms with Crippen LogP contribution in [0.15, 0.2) is 12.3 Å². The fraction of sp³-hybridized carbons (Fsp3) is 0.571. The van der Waals surface area contributed by atoms with Crippen molar-refractivity contribution in [2.75, 3.05) is 11.1 Å². The molecule has 3 fully saturated rings. The minimum absolute atomic E-state index is 0.131. The van der Waals surface area contributed by atoms with E-state index in [9.17, 15) is 4.79 Å². The molecule has 3 aliphatic rings. The molecule has 19 heavy (non-hydrogen) atoms. The number of aromatic carboxylic acids is 1. The van der Waals surface area contributed by atoms with Crippen LogP contribution in [0.5, 0.6) is 0 Å². The summed E-state index contributed by atoms with van der Waals surface area (Å²) in [4.78, 5) is 15.2. The van der Waals surface area contributed by atoms with E-state index in [1.165, 1.54) is 31.5 Å². The molecule has 4 N–H and O–H groups in total. The first-order chi connectivity index (χ1) is 9.16. The maximum Gasteiger partial charge on any atom is 0.337 e. The normalized spacial score (nSPS) is 38.0. The molecule has 0 radical (unpaired) electrons. The lowest BCUT2D eigenvalue weighted by atomic mass is 10.0. The quantitative estimate of drug-likeness (QED) is 0.770. The lowest BCUT2D eigenvalue weighted by Gasteiger charge is -2.13. The summed E-state index contributed by atoms with van der Waals surface area (Å²) in [5.41, 5.74) is 6.28. The van der Waals surface area contributed by atoms with Crippen molar-refractivity contribution in [2.45, 2.75) is 25.3 Å². The summed E-state index contributed by atoms with van der Waals surface area (Å²) in [6, 6.07) is 1.91. The monoisotopic (exact) mass is 259 g/mol. The Morgan fingerprint density at radius 2 is 2.05 bits per heavy atom. The van der Waals surface area contributed by atoms with E-state index in [0.717, 1.165) is 23.7 Å². The molecule has 100 valence electrons. The topological polar surface area (TPSA) is 88.2 Å². The summed E-state index contributed by atoms with van der Waals surface area (Å²) in [5.74, 6) is 2.83. The molecule has 3 aliphatic carbocycles. The molecule has 4 atom stereocenters. The van der Waals surface area contributed by atoms with E-state index in [1.54, 1.807) is 0 Å². The summed E-state index contributed by atoms with van der Waals surface area (Å²) in [6.45, 7) is 0.